The zero-order valence-electron chi connectivity index (χ0n) is 17.9. The van der Waals surface area contributed by atoms with Gasteiger partial charge in [0.2, 0.25) is 15.7 Å². The van der Waals surface area contributed by atoms with Crippen molar-refractivity contribution >= 4 is 15.8 Å². The first-order chi connectivity index (χ1) is 13.5. The Morgan fingerprint density at radius 2 is 1.66 bits per heavy atom. The molecule has 1 heterocycles. The molecular formula is C22H30N2O4S. The van der Waals surface area contributed by atoms with Crippen LogP contribution in [-0.4, -0.2) is 24.2 Å². The van der Waals surface area contributed by atoms with Crippen molar-refractivity contribution < 1.29 is 17.9 Å². The van der Waals surface area contributed by atoms with E-state index >= 15 is 0 Å². The number of sulfone groups is 1. The third-order valence-corrected chi connectivity index (χ3v) is 7.24. The van der Waals surface area contributed by atoms with Gasteiger partial charge in [0.1, 0.15) is 0 Å². The smallest absolute Gasteiger partial charge is 0.315 e. The summed E-state index contributed by atoms with van der Waals surface area (Å²) in [5, 5.41) is 4.45. The summed E-state index contributed by atoms with van der Waals surface area (Å²) in [6.07, 6.45) is 4.66. The zero-order valence-corrected chi connectivity index (χ0v) is 18.7. The van der Waals surface area contributed by atoms with Crippen LogP contribution in [0.1, 0.15) is 64.1 Å². The van der Waals surface area contributed by atoms with Crippen LogP contribution in [0.4, 0.5) is 0 Å². The molecule has 0 N–H and O–H groups in total. The third kappa shape index (κ3) is 4.39. The molecule has 1 saturated carbocycles. The van der Waals surface area contributed by atoms with E-state index in [9.17, 15) is 13.2 Å². The molecule has 1 aliphatic rings. The summed E-state index contributed by atoms with van der Waals surface area (Å²) in [5.41, 5.74) is 0.746. The summed E-state index contributed by atoms with van der Waals surface area (Å²) in [6, 6.07) is 6.66. The van der Waals surface area contributed by atoms with Gasteiger partial charge < -0.3 is 4.74 Å². The highest BCUT2D eigenvalue weighted by atomic mass is 32.2. The minimum atomic E-state index is -3.89. The van der Waals surface area contributed by atoms with E-state index in [1.807, 2.05) is 27.7 Å². The number of carbonyl (C=O) groups is 1. The normalized spacial score (nSPS) is 16.0. The minimum absolute atomic E-state index is 0.0196. The van der Waals surface area contributed by atoms with E-state index in [-0.39, 0.29) is 27.6 Å². The quantitative estimate of drug-likeness (QED) is 0.680. The first-order valence-electron chi connectivity index (χ1n) is 10.2. The molecule has 0 spiro atoms. The number of hydrogen-bond donors (Lipinski definition) is 0. The minimum Gasteiger partial charge on any atom is -0.406 e. The Hall–Kier alpha value is -2.15. The summed E-state index contributed by atoms with van der Waals surface area (Å²) in [7, 11) is -3.89. The van der Waals surface area contributed by atoms with Crippen molar-refractivity contribution in [3.05, 3.63) is 35.5 Å². The average molecular weight is 419 g/mol. The van der Waals surface area contributed by atoms with E-state index in [4.69, 9.17) is 4.74 Å². The lowest BCUT2D eigenvalue weighted by molar-refractivity contribution is -0.140. The molecular weight excluding hydrogens is 388 g/mol. The lowest BCUT2D eigenvalue weighted by Gasteiger charge is -2.24. The molecule has 7 heteroatoms. The standard InChI is InChI=1S/C22H30N2O4S/c1-15-11-13-18(14-12-15)29(26,27)19-16(2)23-24(22(3,4)5)20(19)28-21(25)17-9-7-6-8-10-17/h11-14,17H,6-10H2,1-5H3. The first kappa shape index (κ1) is 21.6. The number of aromatic nitrogens is 2. The van der Waals surface area contributed by atoms with Crippen LogP contribution < -0.4 is 4.74 Å². The van der Waals surface area contributed by atoms with Crippen molar-refractivity contribution in [2.45, 2.75) is 82.1 Å². The molecule has 0 unspecified atom stereocenters. The Bertz CT molecular complexity index is 993. The fourth-order valence-corrected chi connectivity index (χ4v) is 5.22. The SMILES string of the molecule is Cc1ccc(S(=O)(=O)c2c(C)nn(C(C)(C)C)c2OC(=O)C2CCCCC2)cc1. The number of esters is 1. The molecule has 0 radical (unpaired) electrons. The van der Waals surface area contributed by atoms with E-state index in [1.165, 1.54) is 4.68 Å². The second-order valence-corrected chi connectivity index (χ2v) is 10.8. The van der Waals surface area contributed by atoms with Gasteiger partial charge in [0.15, 0.2) is 4.90 Å². The maximum absolute atomic E-state index is 13.4. The van der Waals surface area contributed by atoms with E-state index in [1.54, 1.807) is 31.2 Å². The summed E-state index contributed by atoms with van der Waals surface area (Å²) < 4.78 is 34.2. The molecule has 0 bridgehead atoms. The van der Waals surface area contributed by atoms with Crippen molar-refractivity contribution in [1.82, 2.24) is 9.78 Å². The van der Waals surface area contributed by atoms with Gasteiger partial charge in [-0.05, 0) is 59.6 Å². The molecule has 0 atom stereocenters. The summed E-state index contributed by atoms with van der Waals surface area (Å²) >= 11 is 0. The van der Waals surface area contributed by atoms with Gasteiger partial charge in [-0.15, -0.1) is 0 Å². The number of aryl methyl sites for hydroxylation is 2. The van der Waals surface area contributed by atoms with Gasteiger partial charge in [-0.3, -0.25) is 4.79 Å². The van der Waals surface area contributed by atoms with Crippen LogP contribution in [-0.2, 0) is 20.2 Å². The van der Waals surface area contributed by atoms with E-state index in [2.05, 4.69) is 5.10 Å². The molecule has 0 aliphatic heterocycles. The van der Waals surface area contributed by atoms with Crippen LogP contribution in [0.3, 0.4) is 0 Å². The molecule has 0 saturated heterocycles. The summed E-state index contributed by atoms with van der Waals surface area (Å²) in [6.45, 7) is 9.25. The predicted molar refractivity (Wildman–Crippen MR) is 111 cm³/mol. The number of nitrogens with zero attached hydrogens (tertiary/aromatic N) is 2. The van der Waals surface area contributed by atoms with Crippen molar-refractivity contribution in [2.75, 3.05) is 0 Å². The van der Waals surface area contributed by atoms with Crippen LogP contribution in [0.2, 0.25) is 0 Å². The van der Waals surface area contributed by atoms with Crippen LogP contribution in [0.15, 0.2) is 34.1 Å². The zero-order chi connectivity index (χ0) is 21.4. The second kappa shape index (κ2) is 7.94. The predicted octanol–water partition coefficient (Wildman–Crippen LogP) is 4.57. The number of ether oxygens (including phenoxy) is 1. The Labute approximate surface area is 173 Å². The van der Waals surface area contributed by atoms with Crippen molar-refractivity contribution in [2.24, 2.45) is 5.92 Å². The summed E-state index contributed by atoms with van der Waals surface area (Å²) in [5.74, 6) is -0.538. The van der Waals surface area contributed by atoms with Crippen molar-refractivity contribution in [3.63, 3.8) is 0 Å². The highest BCUT2D eigenvalue weighted by Gasteiger charge is 2.35. The highest BCUT2D eigenvalue weighted by Crippen LogP contribution is 2.37. The van der Waals surface area contributed by atoms with Crippen LogP contribution in [0.25, 0.3) is 0 Å². The molecule has 1 aliphatic carbocycles. The van der Waals surface area contributed by atoms with Crippen LogP contribution >= 0.6 is 0 Å². The van der Waals surface area contributed by atoms with Crippen LogP contribution in [0, 0.1) is 19.8 Å². The Morgan fingerprint density at radius 1 is 1.07 bits per heavy atom. The first-order valence-corrected chi connectivity index (χ1v) is 11.6. The molecule has 6 nitrogen and oxygen atoms in total. The Balaban J connectivity index is 2.10. The monoisotopic (exact) mass is 418 g/mol. The number of hydrogen-bond acceptors (Lipinski definition) is 5. The van der Waals surface area contributed by atoms with Gasteiger partial charge in [0, 0.05) is 0 Å². The van der Waals surface area contributed by atoms with E-state index < -0.39 is 15.4 Å². The maximum Gasteiger partial charge on any atom is 0.315 e. The van der Waals surface area contributed by atoms with Crippen LogP contribution in [0.5, 0.6) is 5.88 Å². The Kier molecular flexibility index (Phi) is 5.90. The molecule has 29 heavy (non-hydrogen) atoms. The number of benzene rings is 1. The van der Waals surface area contributed by atoms with Gasteiger partial charge in [0.05, 0.1) is 22.0 Å². The van der Waals surface area contributed by atoms with Gasteiger partial charge in [0.25, 0.3) is 0 Å². The third-order valence-electron chi connectivity index (χ3n) is 5.34. The molecule has 0 amide bonds. The van der Waals surface area contributed by atoms with Gasteiger partial charge in [-0.25, -0.2) is 13.1 Å². The summed E-state index contributed by atoms with van der Waals surface area (Å²) in [4.78, 5) is 13.0. The fourth-order valence-electron chi connectivity index (χ4n) is 3.70. The van der Waals surface area contributed by atoms with Gasteiger partial charge in [-0.1, -0.05) is 37.0 Å². The second-order valence-electron chi connectivity index (χ2n) is 8.87. The van der Waals surface area contributed by atoms with E-state index in [0.29, 0.717) is 5.69 Å². The largest absolute Gasteiger partial charge is 0.406 e. The molecule has 3 rings (SSSR count). The van der Waals surface area contributed by atoms with Crippen molar-refractivity contribution in [1.29, 1.82) is 0 Å². The van der Waals surface area contributed by atoms with Crippen molar-refractivity contribution in [3.8, 4) is 5.88 Å². The average Bonchev–Trinajstić information content (AvgIpc) is 3.00. The Morgan fingerprint density at radius 3 is 2.21 bits per heavy atom. The molecule has 1 aromatic carbocycles. The molecule has 2 aromatic rings. The molecule has 158 valence electrons. The fraction of sp³-hybridized carbons (Fsp3) is 0.545. The number of carbonyl (C=O) groups excluding carboxylic acids is 1. The van der Waals surface area contributed by atoms with Gasteiger partial charge in [-0.2, -0.15) is 5.10 Å². The lowest BCUT2D eigenvalue weighted by Crippen LogP contribution is -2.29. The topological polar surface area (TPSA) is 78.3 Å². The highest BCUT2D eigenvalue weighted by molar-refractivity contribution is 7.91. The number of rotatable bonds is 4. The molecule has 1 aromatic heterocycles. The van der Waals surface area contributed by atoms with Gasteiger partial charge >= 0.3 is 5.97 Å². The molecule has 1 fully saturated rings. The lowest BCUT2D eigenvalue weighted by atomic mass is 9.89. The maximum atomic E-state index is 13.4. The van der Waals surface area contributed by atoms with E-state index in [0.717, 1.165) is 37.7 Å².